The second-order valence-corrected chi connectivity index (χ2v) is 19.0. The molecular weight excluding hydrogens is 857 g/mol. The molecule has 2 radical (unpaired) electrons. The number of halogens is 12. The topological polar surface area (TPSA) is 0 Å². The standard InChI is InChI=1S/C50H50F12Si/c1-9-27(7)39-21-41-37(13-11-35(25(3)4)45(41)29-15-31(47(51,52)53)19-32(16-29)48(54,55)56)43(39)23-63-24-44-38-14-12-36(26(5)6)46(42(38)22-40(44)28(8)10-2)30-17-33(49(57,58)59)20-34(18-30)50(60,61)62/h11-22,25-28,43-44H,9-10,23-24H2,1-8H3. The molecule has 2 aliphatic carbocycles. The largest absolute Gasteiger partial charge is 0.416 e. The summed E-state index contributed by atoms with van der Waals surface area (Å²) in [5.41, 5.74) is 0.969. The molecule has 0 heterocycles. The molecule has 0 aromatic heterocycles. The fourth-order valence-electron chi connectivity index (χ4n) is 9.19. The van der Waals surface area contributed by atoms with Gasteiger partial charge in [0.2, 0.25) is 0 Å². The zero-order valence-electron chi connectivity index (χ0n) is 36.3. The van der Waals surface area contributed by atoms with Gasteiger partial charge >= 0.3 is 24.7 Å². The fraction of sp³-hybridized carbons (Fsp3) is 0.440. The average Bonchev–Trinajstić information content (AvgIpc) is 3.76. The third kappa shape index (κ3) is 9.74. The molecule has 0 fully saturated rings. The minimum atomic E-state index is -5.02. The van der Waals surface area contributed by atoms with Crippen LogP contribution in [0.15, 0.2) is 71.8 Å². The number of rotatable bonds is 12. The van der Waals surface area contributed by atoms with E-state index in [2.05, 4.69) is 0 Å². The highest BCUT2D eigenvalue weighted by atomic mass is 28.2. The van der Waals surface area contributed by atoms with Crippen LogP contribution >= 0.6 is 0 Å². The molecule has 4 aromatic rings. The second-order valence-electron chi connectivity index (χ2n) is 17.6. The first-order chi connectivity index (χ1) is 29.2. The highest BCUT2D eigenvalue weighted by Crippen LogP contribution is 2.53. The lowest BCUT2D eigenvalue weighted by molar-refractivity contribution is -0.144. The molecule has 338 valence electrons. The van der Waals surface area contributed by atoms with E-state index >= 15 is 0 Å². The van der Waals surface area contributed by atoms with Crippen LogP contribution in [-0.4, -0.2) is 9.52 Å². The third-order valence-electron chi connectivity index (χ3n) is 12.9. The van der Waals surface area contributed by atoms with Crippen molar-refractivity contribution < 1.29 is 52.7 Å². The van der Waals surface area contributed by atoms with Crippen LogP contribution < -0.4 is 0 Å². The molecule has 0 saturated heterocycles. The van der Waals surface area contributed by atoms with Gasteiger partial charge < -0.3 is 0 Å². The van der Waals surface area contributed by atoms with E-state index in [4.69, 9.17) is 0 Å². The van der Waals surface area contributed by atoms with E-state index in [1.165, 1.54) is 0 Å². The Morgan fingerprint density at radius 2 is 0.762 bits per heavy atom. The fourth-order valence-corrected chi connectivity index (χ4v) is 10.8. The number of benzene rings is 4. The molecule has 0 saturated carbocycles. The van der Waals surface area contributed by atoms with Crippen molar-refractivity contribution in [1.29, 1.82) is 0 Å². The Kier molecular flexibility index (Phi) is 13.5. The lowest BCUT2D eigenvalue weighted by Gasteiger charge is -2.25. The summed E-state index contributed by atoms with van der Waals surface area (Å²) < 4.78 is 170. The highest BCUT2D eigenvalue weighted by molar-refractivity contribution is 6.36. The van der Waals surface area contributed by atoms with Crippen molar-refractivity contribution in [3.05, 3.63) is 127 Å². The van der Waals surface area contributed by atoms with Crippen molar-refractivity contribution in [3.63, 3.8) is 0 Å². The molecule has 4 aromatic carbocycles. The number of fused-ring (bicyclic) bond motifs is 2. The third-order valence-corrected chi connectivity index (χ3v) is 14.3. The van der Waals surface area contributed by atoms with Crippen molar-refractivity contribution in [2.24, 2.45) is 11.8 Å². The Hall–Kier alpha value is -4.26. The Morgan fingerprint density at radius 1 is 0.460 bits per heavy atom. The smallest absolute Gasteiger partial charge is 0.166 e. The molecule has 2 aliphatic rings. The summed E-state index contributed by atoms with van der Waals surface area (Å²) in [5, 5.41) is 0. The van der Waals surface area contributed by atoms with Crippen molar-refractivity contribution in [2.75, 3.05) is 0 Å². The van der Waals surface area contributed by atoms with E-state index in [9.17, 15) is 52.7 Å². The van der Waals surface area contributed by atoms with Crippen LogP contribution in [0.3, 0.4) is 0 Å². The zero-order chi connectivity index (χ0) is 46.7. The molecule has 0 nitrogen and oxygen atoms in total. The van der Waals surface area contributed by atoms with Gasteiger partial charge in [-0.2, -0.15) is 52.7 Å². The number of alkyl halides is 12. The van der Waals surface area contributed by atoms with Crippen LogP contribution in [0.25, 0.3) is 34.4 Å². The van der Waals surface area contributed by atoms with Gasteiger partial charge in [-0.1, -0.05) is 115 Å². The van der Waals surface area contributed by atoms with Gasteiger partial charge in [-0.15, -0.1) is 0 Å². The van der Waals surface area contributed by atoms with Crippen LogP contribution in [-0.2, 0) is 24.7 Å². The minimum Gasteiger partial charge on any atom is -0.166 e. The van der Waals surface area contributed by atoms with Gasteiger partial charge in [-0.25, -0.2) is 0 Å². The SMILES string of the molecule is CCC(C)C1=Cc2c(ccc(C(C)C)c2-c2cc(C(F)(F)F)cc(C(F)(F)F)c2)C1C[Si]CC1C(C(C)CC)=Cc2c1ccc(C(C)C)c2-c1cc(C(F)(F)F)cc(C(F)(F)F)c1. The molecular formula is C50H50F12Si. The summed E-state index contributed by atoms with van der Waals surface area (Å²) in [6.07, 6.45) is -14.7. The van der Waals surface area contributed by atoms with Crippen molar-refractivity contribution in [2.45, 2.75) is 129 Å². The van der Waals surface area contributed by atoms with Gasteiger partial charge in [0.1, 0.15) is 0 Å². The molecule has 0 aliphatic heterocycles. The summed E-state index contributed by atoms with van der Waals surface area (Å²) in [4.78, 5) is 0. The van der Waals surface area contributed by atoms with E-state index < -0.39 is 47.0 Å². The van der Waals surface area contributed by atoms with Crippen molar-refractivity contribution >= 4 is 21.7 Å². The van der Waals surface area contributed by atoms with Crippen LogP contribution in [0.2, 0.25) is 12.1 Å². The van der Waals surface area contributed by atoms with Gasteiger partial charge in [-0.05, 0) is 129 Å². The Morgan fingerprint density at radius 3 is 1.02 bits per heavy atom. The van der Waals surface area contributed by atoms with E-state index in [1.807, 2.05) is 79.7 Å². The molecule has 13 heteroatoms. The summed E-state index contributed by atoms with van der Waals surface area (Å²) in [6, 6.07) is 12.2. The van der Waals surface area contributed by atoms with Gasteiger partial charge in [0, 0.05) is 21.4 Å². The number of allylic oxidation sites excluding steroid dienone is 2. The van der Waals surface area contributed by atoms with Crippen LogP contribution in [0.5, 0.6) is 0 Å². The van der Waals surface area contributed by atoms with Crippen molar-refractivity contribution in [1.82, 2.24) is 0 Å². The summed E-state index contributed by atoms with van der Waals surface area (Å²) >= 11 is 0. The van der Waals surface area contributed by atoms with Gasteiger partial charge in [0.15, 0.2) is 0 Å². The monoisotopic (exact) mass is 906 g/mol. The van der Waals surface area contributed by atoms with E-state index in [-0.39, 0.29) is 68.3 Å². The van der Waals surface area contributed by atoms with E-state index in [1.54, 1.807) is 12.1 Å². The molecule has 0 amide bonds. The minimum absolute atomic E-state index is 0.0311. The first-order valence-electron chi connectivity index (χ1n) is 21.2. The highest BCUT2D eigenvalue weighted by Gasteiger charge is 2.41. The summed E-state index contributed by atoms with van der Waals surface area (Å²) in [5.74, 6) is -0.792. The Balaban J connectivity index is 1.44. The maximum Gasteiger partial charge on any atom is 0.416 e. The lowest BCUT2D eigenvalue weighted by Crippen LogP contribution is -2.13. The van der Waals surface area contributed by atoms with E-state index in [0.29, 0.717) is 45.5 Å². The molecule has 0 bridgehead atoms. The molecule has 6 rings (SSSR count). The van der Waals surface area contributed by atoms with Crippen molar-refractivity contribution in [3.8, 4) is 22.3 Å². The van der Waals surface area contributed by atoms with Gasteiger partial charge in [0.05, 0.1) is 22.3 Å². The van der Waals surface area contributed by atoms with E-state index in [0.717, 1.165) is 59.4 Å². The molecule has 4 atom stereocenters. The van der Waals surface area contributed by atoms with Gasteiger partial charge in [0.25, 0.3) is 0 Å². The van der Waals surface area contributed by atoms with Crippen LogP contribution in [0, 0.1) is 11.8 Å². The maximum absolute atomic E-state index is 14.1. The maximum atomic E-state index is 14.1. The zero-order valence-corrected chi connectivity index (χ0v) is 37.3. The lowest BCUT2D eigenvalue weighted by atomic mass is 9.84. The van der Waals surface area contributed by atoms with Crippen LogP contribution in [0.1, 0.15) is 148 Å². The Bertz CT molecular complexity index is 2170. The molecule has 0 spiro atoms. The van der Waals surface area contributed by atoms with Gasteiger partial charge in [-0.3, -0.25) is 0 Å². The number of hydrogen-bond donors (Lipinski definition) is 0. The second kappa shape index (κ2) is 17.6. The predicted molar refractivity (Wildman–Crippen MR) is 228 cm³/mol. The molecule has 4 unspecified atom stereocenters. The number of hydrogen-bond acceptors (Lipinski definition) is 0. The predicted octanol–water partition coefficient (Wildman–Crippen LogP) is 17.6. The Labute approximate surface area is 363 Å². The quantitative estimate of drug-likeness (QED) is 0.0981. The summed E-state index contributed by atoms with van der Waals surface area (Å²) in [7, 11) is 0.281. The average molecular weight is 907 g/mol. The van der Waals surface area contributed by atoms with Crippen LogP contribution in [0.4, 0.5) is 52.7 Å². The first-order valence-corrected chi connectivity index (χ1v) is 22.6. The first kappa shape index (κ1) is 48.2. The summed E-state index contributed by atoms with van der Waals surface area (Å²) in [6.45, 7) is 15.5. The molecule has 0 N–H and O–H groups in total. The molecule has 63 heavy (non-hydrogen) atoms. The normalized spacial score (nSPS) is 17.9.